The van der Waals surface area contributed by atoms with Crippen molar-refractivity contribution in [1.29, 1.82) is 0 Å². The number of aryl methyl sites for hydroxylation is 1. The molecule has 32 heavy (non-hydrogen) atoms. The Bertz CT molecular complexity index is 1250. The molecular formula is C22H22F3N5O2. The summed E-state index contributed by atoms with van der Waals surface area (Å²) in [6.07, 6.45) is -1.23. The van der Waals surface area contributed by atoms with Crippen LogP contribution in [0.2, 0.25) is 0 Å². The molecule has 2 fully saturated rings. The van der Waals surface area contributed by atoms with Gasteiger partial charge in [-0.2, -0.15) is 0 Å². The molecule has 168 valence electrons. The standard InChI is InChI=1S/C22H22F3N5O2/c1-12(14-4-3-5-15(19(14)23)20(24)25)26-21-16-7-30(29-8-22(9-29)10-32-11-22)18(31)6-17(16)27-13(2)28-21/h3-7,12,20H,8-11H2,1-2H3,(H,26,27,28)/t12-/m1/s1. The van der Waals surface area contributed by atoms with E-state index in [4.69, 9.17) is 4.74 Å². The van der Waals surface area contributed by atoms with Gasteiger partial charge in [-0.25, -0.2) is 27.8 Å². The lowest BCUT2D eigenvalue weighted by atomic mass is 9.79. The van der Waals surface area contributed by atoms with E-state index in [1.165, 1.54) is 18.2 Å². The van der Waals surface area contributed by atoms with E-state index in [-0.39, 0.29) is 16.5 Å². The molecule has 0 bridgehead atoms. The van der Waals surface area contributed by atoms with Gasteiger partial charge in [0.05, 0.1) is 41.1 Å². The van der Waals surface area contributed by atoms with Crippen LogP contribution in [0.15, 0.2) is 35.3 Å². The second kappa shape index (κ2) is 7.47. The SMILES string of the molecule is Cc1nc(N[C@H](C)c2cccc(C(F)F)c2F)c2cn(N3CC4(COC4)C3)c(=O)cc2n1. The van der Waals surface area contributed by atoms with E-state index in [0.717, 1.165) is 19.2 Å². The Morgan fingerprint density at radius 1 is 1.19 bits per heavy atom. The average Bonchev–Trinajstić information content (AvgIpc) is 2.66. The van der Waals surface area contributed by atoms with Gasteiger partial charge in [-0.15, -0.1) is 0 Å². The van der Waals surface area contributed by atoms with Crippen LogP contribution in [-0.2, 0) is 4.74 Å². The maximum Gasteiger partial charge on any atom is 0.271 e. The topological polar surface area (TPSA) is 72.3 Å². The summed E-state index contributed by atoms with van der Waals surface area (Å²) in [7, 11) is 0. The van der Waals surface area contributed by atoms with Crippen LogP contribution >= 0.6 is 0 Å². The summed E-state index contributed by atoms with van der Waals surface area (Å²) in [5.74, 6) is -0.110. The van der Waals surface area contributed by atoms with E-state index in [1.807, 2.05) is 5.01 Å². The van der Waals surface area contributed by atoms with Crippen molar-refractivity contribution in [3.05, 3.63) is 63.6 Å². The molecule has 2 aliphatic heterocycles. The fraction of sp³-hybridized carbons (Fsp3) is 0.409. The number of anilines is 1. The number of halogens is 3. The van der Waals surface area contributed by atoms with Gasteiger partial charge in [0.25, 0.3) is 12.0 Å². The average molecular weight is 445 g/mol. The summed E-state index contributed by atoms with van der Waals surface area (Å²) < 4.78 is 47.7. The highest BCUT2D eigenvalue weighted by Gasteiger charge is 2.49. The number of pyridine rings is 1. The minimum absolute atomic E-state index is 0.107. The molecule has 0 unspecified atom stereocenters. The van der Waals surface area contributed by atoms with Gasteiger partial charge >= 0.3 is 0 Å². The Balaban J connectivity index is 1.50. The zero-order valence-corrected chi connectivity index (χ0v) is 17.6. The molecule has 2 saturated heterocycles. The molecule has 7 nitrogen and oxygen atoms in total. The van der Waals surface area contributed by atoms with Crippen molar-refractivity contribution in [3.63, 3.8) is 0 Å². The van der Waals surface area contributed by atoms with Gasteiger partial charge in [0, 0.05) is 30.9 Å². The fourth-order valence-corrected chi connectivity index (χ4v) is 4.35. The highest BCUT2D eigenvalue weighted by Crippen LogP contribution is 2.36. The Labute approximate surface area is 181 Å². The van der Waals surface area contributed by atoms with E-state index >= 15 is 0 Å². The molecule has 0 saturated carbocycles. The van der Waals surface area contributed by atoms with E-state index < -0.39 is 23.8 Å². The number of hydrogen-bond donors (Lipinski definition) is 1. The van der Waals surface area contributed by atoms with Gasteiger partial charge in [0.15, 0.2) is 0 Å². The van der Waals surface area contributed by atoms with Crippen molar-refractivity contribution >= 4 is 16.7 Å². The Hall–Kier alpha value is -3.14. The smallest absolute Gasteiger partial charge is 0.271 e. The molecule has 2 aliphatic rings. The fourth-order valence-electron chi connectivity index (χ4n) is 4.35. The molecule has 0 radical (unpaired) electrons. The third kappa shape index (κ3) is 3.38. The molecule has 2 aromatic heterocycles. The first-order chi connectivity index (χ1) is 15.3. The molecule has 10 heteroatoms. The summed E-state index contributed by atoms with van der Waals surface area (Å²) in [6, 6.07) is 4.74. The largest absolute Gasteiger partial charge is 0.380 e. The first kappa shape index (κ1) is 20.7. The highest BCUT2D eigenvalue weighted by molar-refractivity contribution is 5.88. The number of nitrogens with one attached hydrogen (secondary N) is 1. The van der Waals surface area contributed by atoms with Crippen molar-refractivity contribution in [3.8, 4) is 0 Å². The normalized spacial score (nSPS) is 18.0. The van der Waals surface area contributed by atoms with Gasteiger partial charge in [-0.1, -0.05) is 18.2 Å². The van der Waals surface area contributed by atoms with Gasteiger partial charge in [-0.05, 0) is 13.8 Å². The van der Waals surface area contributed by atoms with Crippen molar-refractivity contribution < 1.29 is 17.9 Å². The van der Waals surface area contributed by atoms with Gasteiger partial charge in [0.2, 0.25) is 0 Å². The molecule has 4 heterocycles. The number of hydrogen-bond acceptors (Lipinski definition) is 6. The van der Waals surface area contributed by atoms with Gasteiger partial charge in [0.1, 0.15) is 17.5 Å². The summed E-state index contributed by atoms with van der Waals surface area (Å²) >= 11 is 0. The highest BCUT2D eigenvalue weighted by atomic mass is 19.3. The number of ether oxygens (including phenoxy) is 1. The predicted octanol–water partition coefficient (Wildman–Crippen LogP) is 3.32. The second-order valence-electron chi connectivity index (χ2n) is 8.61. The van der Waals surface area contributed by atoms with E-state index in [2.05, 4.69) is 15.3 Å². The zero-order chi connectivity index (χ0) is 22.6. The van der Waals surface area contributed by atoms with Crippen LogP contribution in [0.4, 0.5) is 19.0 Å². The number of fused-ring (bicyclic) bond motifs is 1. The van der Waals surface area contributed by atoms with Crippen LogP contribution in [0.3, 0.4) is 0 Å². The Morgan fingerprint density at radius 3 is 2.56 bits per heavy atom. The van der Waals surface area contributed by atoms with Crippen LogP contribution in [0.25, 0.3) is 10.9 Å². The lowest BCUT2D eigenvalue weighted by Gasteiger charge is -2.55. The molecule has 5 rings (SSSR count). The second-order valence-corrected chi connectivity index (χ2v) is 8.61. The van der Waals surface area contributed by atoms with Crippen LogP contribution in [0.1, 0.15) is 36.3 Å². The van der Waals surface area contributed by atoms with E-state index in [9.17, 15) is 18.0 Å². The maximum absolute atomic E-state index is 14.6. The lowest BCUT2D eigenvalue weighted by Crippen LogP contribution is -2.70. The number of rotatable bonds is 5. The number of alkyl halides is 2. The molecule has 0 aliphatic carbocycles. The van der Waals surface area contributed by atoms with E-state index in [1.54, 1.807) is 24.7 Å². The monoisotopic (exact) mass is 445 g/mol. The van der Waals surface area contributed by atoms with Crippen LogP contribution in [0, 0.1) is 18.2 Å². The van der Waals surface area contributed by atoms with Crippen molar-refractivity contribution in [2.45, 2.75) is 26.3 Å². The quantitative estimate of drug-likeness (QED) is 0.650. The third-order valence-corrected chi connectivity index (χ3v) is 6.09. The van der Waals surface area contributed by atoms with Gasteiger partial charge in [-0.3, -0.25) is 4.79 Å². The minimum atomic E-state index is -2.90. The van der Waals surface area contributed by atoms with Gasteiger partial charge < -0.3 is 15.1 Å². The Kier molecular flexibility index (Phi) is 4.85. The molecule has 0 amide bonds. The molecule has 1 aromatic carbocycles. The first-order valence-corrected chi connectivity index (χ1v) is 10.3. The molecule has 1 N–H and O–H groups in total. The predicted molar refractivity (Wildman–Crippen MR) is 113 cm³/mol. The van der Waals surface area contributed by atoms with Crippen LogP contribution < -0.4 is 15.9 Å². The Morgan fingerprint density at radius 2 is 1.91 bits per heavy atom. The molecule has 1 atom stereocenters. The molecular weight excluding hydrogens is 423 g/mol. The summed E-state index contributed by atoms with van der Waals surface area (Å²) in [5.41, 5.74) is -0.158. The molecule has 3 aromatic rings. The minimum Gasteiger partial charge on any atom is -0.380 e. The molecule has 1 spiro atoms. The van der Waals surface area contributed by atoms with Crippen LogP contribution in [0.5, 0.6) is 0 Å². The lowest BCUT2D eigenvalue weighted by molar-refractivity contribution is -0.134. The summed E-state index contributed by atoms with van der Waals surface area (Å²) in [4.78, 5) is 21.5. The van der Waals surface area contributed by atoms with Crippen molar-refractivity contribution in [2.75, 3.05) is 36.6 Å². The first-order valence-electron chi connectivity index (χ1n) is 10.3. The number of aromatic nitrogens is 3. The van der Waals surface area contributed by atoms with E-state index in [0.29, 0.717) is 35.8 Å². The number of nitrogens with zero attached hydrogens (tertiary/aromatic N) is 4. The number of benzene rings is 1. The van der Waals surface area contributed by atoms with Crippen LogP contribution in [-0.4, -0.2) is 40.9 Å². The summed E-state index contributed by atoms with van der Waals surface area (Å²) in [6.45, 7) is 6.19. The maximum atomic E-state index is 14.6. The zero-order valence-electron chi connectivity index (χ0n) is 17.6. The summed E-state index contributed by atoms with van der Waals surface area (Å²) in [5, 5.41) is 5.63. The third-order valence-electron chi connectivity index (χ3n) is 6.09. The van der Waals surface area contributed by atoms with Crippen molar-refractivity contribution in [2.24, 2.45) is 5.41 Å². The van der Waals surface area contributed by atoms with Crippen molar-refractivity contribution in [1.82, 2.24) is 14.6 Å².